The first-order valence-electron chi connectivity index (χ1n) is 7.11. The molecular weight excluding hydrogens is 297 g/mol. The molecule has 2 aromatic rings. The lowest BCUT2D eigenvalue weighted by Gasteiger charge is -2.08. The minimum Gasteiger partial charge on any atom is -0.462 e. The fourth-order valence-electron chi connectivity index (χ4n) is 1.93. The Morgan fingerprint density at radius 2 is 1.83 bits per heavy atom. The number of carbonyl (C=O) groups excluding carboxylic acids is 2. The number of hydrogen-bond donors (Lipinski definition) is 1. The van der Waals surface area contributed by atoms with Crippen LogP contribution in [0.25, 0.3) is 6.08 Å². The maximum atomic E-state index is 13.5. The number of anilines is 1. The predicted molar refractivity (Wildman–Crippen MR) is 86.5 cm³/mol. The van der Waals surface area contributed by atoms with Crippen molar-refractivity contribution in [2.75, 3.05) is 11.9 Å². The Bertz CT molecular complexity index is 741. The van der Waals surface area contributed by atoms with Gasteiger partial charge in [-0.05, 0) is 31.2 Å². The summed E-state index contributed by atoms with van der Waals surface area (Å²) in [6.45, 7) is 1.95. The fraction of sp³-hybridized carbons (Fsp3) is 0.111. The molecule has 0 aliphatic heterocycles. The molecule has 0 bridgehead atoms. The van der Waals surface area contributed by atoms with Gasteiger partial charge in [-0.3, -0.25) is 4.79 Å². The van der Waals surface area contributed by atoms with Gasteiger partial charge in [-0.2, -0.15) is 0 Å². The van der Waals surface area contributed by atoms with E-state index in [0.717, 1.165) is 0 Å². The number of para-hydroxylation sites is 1. The quantitative estimate of drug-likeness (QED) is 0.677. The number of ether oxygens (including phenoxy) is 1. The van der Waals surface area contributed by atoms with Crippen LogP contribution in [0.1, 0.15) is 22.8 Å². The number of esters is 1. The third kappa shape index (κ3) is 4.51. The number of halogens is 1. The van der Waals surface area contributed by atoms with Crippen molar-refractivity contribution in [3.8, 4) is 0 Å². The van der Waals surface area contributed by atoms with Gasteiger partial charge in [-0.25, -0.2) is 9.18 Å². The van der Waals surface area contributed by atoms with Crippen LogP contribution in [0.3, 0.4) is 0 Å². The van der Waals surface area contributed by atoms with Crippen molar-refractivity contribution in [3.05, 3.63) is 71.6 Å². The molecular formula is C18H16FNO3. The first kappa shape index (κ1) is 16.4. The fourth-order valence-corrected chi connectivity index (χ4v) is 1.93. The van der Waals surface area contributed by atoms with Gasteiger partial charge in [0.05, 0.1) is 17.9 Å². The maximum absolute atomic E-state index is 13.5. The van der Waals surface area contributed by atoms with Gasteiger partial charge < -0.3 is 10.1 Å². The van der Waals surface area contributed by atoms with Crippen LogP contribution in [0.5, 0.6) is 0 Å². The van der Waals surface area contributed by atoms with Gasteiger partial charge in [0.2, 0.25) is 5.91 Å². The molecule has 0 radical (unpaired) electrons. The summed E-state index contributed by atoms with van der Waals surface area (Å²) in [5, 5.41) is 2.59. The lowest BCUT2D eigenvalue weighted by Crippen LogP contribution is -2.13. The van der Waals surface area contributed by atoms with Crippen molar-refractivity contribution in [2.45, 2.75) is 6.92 Å². The Balaban J connectivity index is 2.12. The van der Waals surface area contributed by atoms with Crippen molar-refractivity contribution < 1.29 is 18.7 Å². The molecule has 2 rings (SSSR count). The van der Waals surface area contributed by atoms with E-state index in [0.29, 0.717) is 11.3 Å². The van der Waals surface area contributed by atoms with Gasteiger partial charge in [0.15, 0.2) is 0 Å². The van der Waals surface area contributed by atoms with Gasteiger partial charge in [-0.15, -0.1) is 0 Å². The lowest BCUT2D eigenvalue weighted by molar-refractivity contribution is -0.111. The Hall–Kier alpha value is -2.95. The van der Waals surface area contributed by atoms with Crippen LogP contribution in [0.4, 0.5) is 10.1 Å². The highest BCUT2D eigenvalue weighted by Gasteiger charge is 2.12. The molecule has 0 spiro atoms. The van der Waals surface area contributed by atoms with Crippen LogP contribution in [0.15, 0.2) is 54.6 Å². The summed E-state index contributed by atoms with van der Waals surface area (Å²) in [7, 11) is 0. The highest BCUT2D eigenvalue weighted by molar-refractivity contribution is 6.06. The minimum atomic E-state index is -0.513. The number of amides is 1. The standard InChI is InChI=1S/C18H16FNO3/c1-2-23-18(22)14-8-4-6-10-16(14)20-17(21)12-11-13-7-3-5-9-15(13)19/h3-12H,2H2,1H3,(H,20,21)/b12-11+. The Kier molecular flexibility index (Phi) is 5.63. The monoisotopic (exact) mass is 313 g/mol. The molecule has 2 aromatic carbocycles. The molecule has 0 unspecified atom stereocenters. The van der Waals surface area contributed by atoms with Crippen molar-refractivity contribution in [1.29, 1.82) is 0 Å². The third-order valence-corrected chi connectivity index (χ3v) is 3.00. The second-order valence-electron chi connectivity index (χ2n) is 4.61. The van der Waals surface area contributed by atoms with Crippen molar-refractivity contribution in [2.24, 2.45) is 0 Å². The summed E-state index contributed by atoms with van der Waals surface area (Å²) < 4.78 is 18.4. The second-order valence-corrected chi connectivity index (χ2v) is 4.61. The molecule has 0 fully saturated rings. The molecule has 0 aliphatic rings. The van der Waals surface area contributed by atoms with Gasteiger partial charge >= 0.3 is 5.97 Å². The highest BCUT2D eigenvalue weighted by atomic mass is 19.1. The average Bonchev–Trinajstić information content (AvgIpc) is 2.55. The van der Waals surface area contributed by atoms with Crippen molar-refractivity contribution in [1.82, 2.24) is 0 Å². The van der Waals surface area contributed by atoms with E-state index >= 15 is 0 Å². The van der Waals surface area contributed by atoms with Gasteiger partial charge in [0, 0.05) is 11.6 Å². The summed E-state index contributed by atoms with van der Waals surface area (Å²) >= 11 is 0. The van der Waals surface area contributed by atoms with E-state index in [1.165, 1.54) is 18.2 Å². The second kappa shape index (κ2) is 7.89. The zero-order valence-corrected chi connectivity index (χ0v) is 12.6. The van der Waals surface area contributed by atoms with E-state index in [9.17, 15) is 14.0 Å². The third-order valence-electron chi connectivity index (χ3n) is 3.00. The topological polar surface area (TPSA) is 55.4 Å². The predicted octanol–water partition coefficient (Wildman–Crippen LogP) is 3.65. The number of hydrogen-bond acceptors (Lipinski definition) is 3. The Morgan fingerprint density at radius 1 is 1.13 bits per heavy atom. The molecule has 0 aromatic heterocycles. The van der Waals surface area contributed by atoms with Gasteiger partial charge in [0.1, 0.15) is 5.82 Å². The van der Waals surface area contributed by atoms with Crippen molar-refractivity contribution in [3.63, 3.8) is 0 Å². The van der Waals surface area contributed by atoms with Gasteiger partial charge in [0.25, 0.3) is 0 Å². The smallest absolute Gasteiger partial charge is 0.340 e. The van der Waals surface area contributed by atoms with E-state index in [4.69, 9.17) is 4.74 Å². The minimum absolute atomic E-state index is 0.244. The largest absolute Gasteiger partial charge is 0.462 e. The molecule has 0 saturated heterocycles. The molecule has 0 heterocycles. The van der Waals surface area contributed by atoms with E-state index in [2.05, 4.69) is 5.32 Å². The van der Waals surface area contributed by atoms with E-state index in [-0.39, 0.29) is 12.2 Å². The van der Waals surface area contributed by atoms with E-state index in [1.54, 1.807) is 49.4 Å². The molecule has 23 heavy (non-hydrogen) atoms. The summed E-state index contributed by atoms with van der Waals surface area (Å²) in [6.07, 6.45) is 2.58. The Morgan fingerprint density at radius 3 is 2.57 bits per heavy atom. The molecule has 0 atom stereocenters. The summed E-state index contributed by atoms with van der Waals surface area (Å²) in [5.41, 5.74) is 0.914. The zero-order valence-electron chi connectivity index (χ0n) is 12.6. The van der Waals surface area contributed by atoms with E-state index < -0.39 is 17.7 Å². The normalized spacial score (nSPS) is 10.5. The Labute approximate surface area is 133 Å². The first-order valence-corrected chi connectivity index (χ1v) is 7.11. The van der Waals surface area contributed by atoms with Gasteiger partial charge in [-0.1, -0.05) is 30.3 Å². The average molecular weight is 313 g/mol. The maximum Gasteiger partial charge on any atom is 0.340 e. The van der Waals surface area contributed by atoms with Crippen LogP contribution in [0, 0.1) is 5.82 Å². The molecule has 5 heteroatoms. The zero-order chi connectivity index (χ0) is 16.7. The SMILES string of the molecule is CCOC(=O)c1ccccc1NC(=O)/C=C/c1ccccc1F. The van der Waals surface area contributed by atoms with Crippen LogP contribution in [-0.2, 0) is 9.53 Å². The van der Waals surface area contributed by atoms with E-state index in [1.807, 2.05) is 0 Å². The van der Waals surface area contributed by atoms with Crippen LogP contribution >= 0.6 is 0 Å². The molecule has 1 amide bonds. The molecule has 0 saturated carbocycles. The number of nitrogens with one attached hydrogen (secondary N) is 1. The molecule has 0 aliphatic carbocycles. The summed E-state index contributed by atoms with van der Waals surface area (Å²) in [5.74, 6) is -1.39. The van der Waals surface area contributed by atoms with Crippen molar-refractivity contribution >= 4 is 23.6 Å². The molecule has 4 nitrogen and oxygen atoms in total. The van der Waals surface area contributed by atoms with Crippen LogP contribution in [-0.4, -0.2) is 18.5 Å². The van der Waals surface area contributed by atoms with Crippen LogP contribution in [0.2, 0.25) is 0 Å². The summed E-state index contributed by atoms with van der Waals surface area (Å²) in [4.78, 5) is 23.8. The lowest BCUT2D eigenvalue weighted by atomic mass is 10.1. The highest BCUT2D eigenvalue weighted by Crippen LogP contribution is 2.16. The number of rotatable bonds is 5. The summed E-state index contributed by atoms with van der Waals surface area (Å²) in [6, 6.07) is 12.7. The number of carbonyl (C=O) groups is 2. The molecule has 118 valence electrons. The molecule has 1 N–H and O–H groups in total. The first-order chi connectivity index (χ1) is 11.1. The number of benzene rings is 2. The van der Waals surface area contributed by atoms with Crippen LogP contribution < -0.4 is 5.32 Å².